The second-order valence-corrected chi connectivity index (χ2v) is 15.8. The molecule has 1 rings (SSSR count). The van der Waals surface area contributed by atoms with Gasteiger partial charge in [-0.2, -0.15) is 0 Å². The number of carboxylic acids is 1. The van der Waals surface area contributed by atoms with Crippen LogP contribution in [0.5, 0.6) is 5.75 Å². The Bertz CT molecular complexity index is 1840. The molecule has 0 saturated heterocycles. The van der Waals surface area contributed by atoms with Crippen LogP contribution in [0.2, 0.25) is 0 Å². The molecular weight excluding hydrogens is 889 g/mol. The molecule has 0 aromatic heterocycles. The lowest BCUT2D eigenvalue weighted by Crippen LogP contribution is -2.59. The number of aromatic hydroxyl groups is 1. The highest BCUT2D eigenvalue weighted by Gasteiger charge is 2.32. The average molecular weight is 963 g/mol. The molecule has 0 radical (unpaired) electrons. The molecule has 6 amide bonds. The first-order valence-corrected chi connectivity index (χ1v) is 22.4. The maximum absolute atomic E-state index is 14.1. The van der Waals surface area contributed by atoms with Crippen LogP contribution < -0.4 is 83.5 Å². The molecule has 0 aliphatic heterocycles. The number of hydrogen-bond donors (Lipinski definition) is 17. The highest BCUT2D eigenvalue weighted by atomic mass is 16.4. The smallest absolute Gasteiger partial charge is 0.326 e. The highest BCUT2D eigenvalue weighted by Crippen LogP contribution is 2.12. The van der Waals surface area contributed by atoms with Crippen LogP contribution in [0.1, 0.15) is 82.6 Å². The number of phenols is 1. The summed E-state index contributed by atoms with van der Waals surface area (Å²) in [6, 6.07) is -1.42. The molecule has 0 fully saturated rings. The molecule has 0 spiro atoms. The number of nitrogens with zero attached hydrogens (tertiary/aromatic N) is 3. The third-order valence-corrected chi connectivity index (χ3v) is 10.0. The van der Waals surface area contributed by atoms with Gasteiger partial charge in [-0.25, -0.2) is 4.79 Å². The molecule has 6 atom stereocenters. The summed E-state index contributed by atoms with van der Waals surface area (Å²) in [4.78, 5) is 105. The van der Waals surface area contributed by atoms with Crippen LogP contribution in [-0.2, 0) is 40.0 Å². The first-order valence-electron chi connectivity index (χ1n) is 22.4. The molecule has 0 aliphatic carbocycles. The standard InChI is InChI=1S/C41H74N18O9/c42-17-3-1-8-28(56-34(63)27(10-5-19-51-39(45)46)55-32(61)23-54-33(62)26(44)22-24-13-15-25(60)16-14-24)35(64)57-29(9-2-4-18-43)36(65)58-30(11-6-20-52-40(47)48)37(66)59-31(38(67)68)12-7-21-53-41(49)50/h13-16,26-31,60H,1-12,17-23,42-44H2,(H,54,62)(H,55,61)(H,56,63)(H,57,64)(H,58,65)(H,59,66)(H,67,68)(H4,45,46,51)(H4,47,48,52)(H4,49,50,53)/t26-,27-,28-,29-,30-,31-/m0/s1. The lowest BCUT2D eigenvalue weighted by molar-refractivity contribution is -0.142. The van der Waals surface area contributed by atoms with Crippen LogP contribution in [0.4, 0.5) is 0 Å². The number of rotatable bonds is 35. The van der Waals surface area contributed by atoms with E-state index in [1.54, 1.807) is 12.1 Å². The van der Waals surface area contributed by atoms with Crippen molar-refractivity contribution < 1.29 is 43.8 Å². The number of aliphatic carboxylic acids is 1. The van der Waals surface area contributed by atoms with Crippen LogP contribution in [0.25, 0.3) is 0 Å². The first kappa shape index (κ1) is 59.0. The third-order valence-electron chi connectivity index (χ3n) is 10.0. The monoisotopic (exact) mass is 963 g/mol. The summed E-state index contributed by atoms with van der Waals surface area (Å²) in [5.74, 6) is -6.46. The normalized spacial score (nSPS) is 13.4. The fourth-order valence-electron chi connectivity index (χ4n) is 6.44. The summed E-state index contributed by atoms with van der Waals surface area (Å²) in [5.41, 5.74) is 50.7. The van der Waals surface area contributed by atoms with Crippen molar-refractivity contribution in [3.8, 4) is 5.75 Å². The molecule has 27 nitrogen and oxygen atoms in total. The van der Waals surface area contributed by atoms with Gasteiger partial charge in [-0.1, -0.05) is 12.1 Å². The molecule has 1 aromatic carbocycles. The molecular formula is C41H74N18O9. The number of amides is 6. The summed E-state index contributed by atoms with van der Waals surface area (Å²) in [6.45, 7) is 0.253. The van der Waals surface area contributed by atoms with Crippen LogP contribution in [0.15, 0.2) is 39.2 Å². The second kappa shape index (κ2) is 33.5. The van der Waals surface area contributed by atoms with Gasteiger partial charge in [0.15, 0.2) is 17.9 Å². The topological polar surface area (TPSA) is 503 Å². The molecule has 27 heteroatoms. The van der Waals surface area contributed by atoms with E-state index in [4.69, 9.17) is 51.6 Å². The van der Waals surface area contributed by atoms with Gasteiger partial charge in [0.2, 0.25) is 35.4 Å². The van der Waals surface area contributed by atoms with Crippen LogP contribution in [0.3, 0.4) is 0 Å². The summed E-state index contributed by atoms with van der Waals surface area (Å²) in [5, 5.41) is 34.8. The minimum atomic E-state index is -1.37. The van der Waals surface area contributed by atoms with Gasteiger partial charge in [-0.3, -0.25) is 43.7 Å². The van der Waals surface area contributed by atoms with Gasteiger partial charge >= 0.3 is 5.97 Å². The number of carbonyl (C=O) groups is 7. The van der Waals surface area contributed by atoms with Crippen molar-refractivity contribution >= 4 is 59.3 Å². The third kappa shape index (κ3) is 26.2. The molecule has 0 bridgehead atoms. The highest BCUT2D eigenvalue weighted by molar-refractivity contribution is 5.96. The molecule has 1 aromatic rings. The zero-order valence-electron chi connectivity index (χ0n) is 38.5. The Morgan fingerprint density at radius 3 is 1.22 bits per heavy atom. The zero-order valence-corrected chi connectivity index (χ0v) is 38.5. The number of aliphatic imine (C=N–C) groups is 3. The SMILES string of the molecule is NCCCC[C@H](NC(=O)[C@H](CCCN=C(N)N)NC(=O)CNC(=O)[C@@H](N)Cc1ccc(O)cc1)C(=O)N[C@@H](CCCCN)C(=O)N[C@@H](CCCN=C(N)N)C(=O)N[C@@H](CCCN=C(N)N)C(=O)O. The lowest BCUT2D eigenvalue weighted by atomic mass is 10.0. The predicted octanol–water partition coefficient (Wildman–Crippen LogP) is -5.69. The number of hydrogen-bond acceptors (Lipinski definition) is 14. The molecule has 26 N–H and O–H groups in total. The Morgan fingerprint density at radius 2 is 0.853 bits per heavy atom. The zero-order chi connectivity index (χ0) is 51.0. The summed E-state index contributed by atoms with van der Waals surface area (Å²) in [7, 11) is 0. The first-order chi connectivity index (χ1) is 32.3. The number of phenolic OH excluding ortho intramolecular Hbond substituents is 1. The van der Waals surface area contributed by atoms with Crippen LogP contribution >= 0.6 is 0 Å². The van der Waals surface area contributed by atoms with E-state index in [1.165, 1.54) is 12.1 Å². The van der Waals surface area contributed by atoms with Gasteiger partial charge < -0.3 is 93.7 Å². The maximum Gasteiger partial charge on any atom is 0.326 e. The van der Waals surface area contributed by atoms with Gasteiger partial charge in [-0.15, -0.1) is 0 Å². The van der Waals surface area contributed by atoms with Crippen molar-refractivity contribution in [3.63, 3.8) is 0 Å². The molecule has 0 aliphatic rings. The van der Waals surface area contributed by atoms with Crippen molar-refractivity contribution in [2.24, 2.45) is 66.6 Å². The Hall–Kier alpha value is -7.00. The van der Waals surface area contributed by atoms with Gasteiger partial charge in [-0.05, 0) is 114 Å². The average Bonchev–Trinajstić information content (AvgIpc) is 3.28. The van der Waals surface area contributed by atoms with Crippen molar-refractivity contribution in [1.82, 2.24) is 31.9 Å². The van der Waals surface area contributed by atoms with Crippen molar-refractivity contribution in [3.05, 3.63) is 29.8 Å². The number of nitrogens with one attached hydrogen (secondary N) is 6. The second-order valence-electron chi connectivity index (χ2n) is 15.8. The van der Waals surface area contributed by atoms with Gasteiger partial charge in [0.05, 0.1) is 12.6 Å². The number of benzene rings is 1. The number of carbonyl (C=O) groups excluding carboxylic acids is 6. The van der Waals surface area contributed by atoms with Crippen molar-refractivity contribution in [1.29, 1.82) is 0 Å². The number of unbranched alkanes of at least 4 members (excludes halogenated alkanes) is 2. The number of carboxylic acid groups (broad SMARTS) is 1. The quantitative estimate of drug-likeness (QED) is 0.0171. The Kier molecular flexibility index (Phi) is 29.0. The lowest BCUT2D eigenvalue weighted by Gasteiger charge is -2.27. The van der Waals surface area contributed by atoms with E-state index >= 15 is 0 Å². The van der Waals surface area contributed by atoms with E-state index in [1.807, 2.05) is 0 Å². The number of guanidine groups is 3. The van der Waals surface area contributed by atoms with Gasteiger partial charge in [0, 0.05) is 19.6 Å². The fourth-order valence-corrected chi connectivity index (χ4v) is 6.44. The Labute approximate surface area is 395 Å². The molecule has 0 unspecified atom stereocenters. The van der Waals surface area contributed by atoms with E-state index in [9.17, 15) is 43.8 Å². The van der Waals surface area contributed by atoms with E-state index in [0.717, 1.165) is 0 Å². The molecule has 382 valence electrons. The molecule has 68 heavy (non-hydrogen) atoms. The minimum absolute atomic E-state index is 0.00440. The molecule has 0 saturated carbocycles. The van der Waals surface area contributed by atoms with Gasteiger partial charge in [0.25, 0.3) is 0 Å². The largest absolute Gasteiger partial charge is 0.508 e. The fraction of sp³-hybridized carbons (Fsp3) is 0.610. The van der Waals surface area contributed by atoms with E-state index in [-0.39, 0.29) is 114 Å². The molecule has 0 heterocycles. The number of nitrogens with two attached hydrogens (primary N) is 9. The predicted molar refractivity (Wildman–Crippen MR) is 256 cm³/mol. The van der Waals surface area contributed by atoms with E-state index < -0.39 is 84.2 Å². The minimum Gasteiger partial charge on any atom is -0.508 e. The van der Waals surface area contributed by atoms with E-state index in [0.29, 0.717) is 31.2 Å². The van der Waals surface area contributed by atoms with Crippen LogP contribution in [0, 0.1) is 0 Å². The van der Waals surface area contributed by atoms with E-state index in [2.05, 4.69) is 46.9 Å². The summed E-state index contributed by atoms with van der Waals surface area (Å²) in [6.07, 6.45) is 2.39. The van der Waals surface area contributed by atoms with Crippen molar-refractivity contribution in [2.45, 2.75) is 120 Å². The summed E-state index contributed by atoms with van der Waals surface area (Å²) >= 11 is 0. The maximum atomic E-state index is 14.1. The van der Waals surface area contributed by atoms with Crippen LogP contribution in [-0.4, -0.2) is 145 Å². The van der Waals surface area contributed by atoms with Gasteiger partial charge in [0.1, 0.15) is 36.0 Å². The Morgan fingerprint density at radius 1 is 0.500 bits per heavy atom. The summed E-state index contributed by atoms with van der Waals surface area (Å²) < 4.78 is 0. The Balaban J connectivity index is 3.34. The van der Waals surface area contributed by atoms with Crippen molar-refractivity contribution in [2.75, 3.05) is 39.3 Å².